The van der Waals surface area contributed by atoms with E-state index >= 15 is 0 Å². The molecule has 0 saturated heterocycles. The second-order valence-corrected chi connectivity index (χ2v) is 7.92. The van der Waals surface area contributed by atoms with Gasteiger partial charge in [-0.2, -0.15) is 0 Å². The maximum Gasteiger partial charge on any atom is 0.319 e. The standard InChI is InChI=1S/C25H23N5O3/c31-24(27-18-7-9-19(10-8-18)28-25(32)29-20-11-12-20)17-4-3-5-22(14-17)33-16-21-15-30-13-2-1-6-23(30)26-21/h1-10,13-15,20H,11-12,16H2,(H,27,31)(H2,28,29,32). The molecule has 0 bridgehead atoms. The van der Waals surface area contributed by atoms with Crippen LogP contribution in [0.25, 0.3) is 5.65 Å². The first-order valence-corrected chi connectivity index (χ1v) is 10.8. The van der Waals surface area contributed by atoms with Crippen LogP contribution in [0.4, 0.5) is 16.2 Å². The van der Waals surface area contributed by atoms with Crippen molar-refractivity contribution in [2.75, 3.05) is 10.6 Å². The Hall–Kier alpha value is -4.33. The summed E-state index contributed by atoms with van der Waals surface area (Å²) >= 11 is 0. The van der Waals surface area contributed by atoms with E-state index in [0.717, 1.165) is 24.2 Å². The Labute approximate surface area is 190 Å². The molecule has 1 saturated carbocycles. The minimum absolute atomic E-state index is 0.213. The molecule has 1 aliphatic rings. The summed E-state index contributed by atoms with van der Waals surface area (Å²) in [5.74, 6) is 0.335. The van der Waals surface area contributed by atoms with Crippen LogP contribution in [0, 0.1) is 0 Å². The highest BCUT2D eigenvalue weighted by Gasteiger charge is 2.23. The third-order valence-corrected chi connectivity index (χ3v) is 5.21. The van der Waals surface area contributed by atoms with Gasteiger partial charge in [0.05, 0.1) is 5.69 Å². The lowest BCUT2D eigenvalue weighted by molar-refractivity contribution is 0.102. The summed E-state index contributed by atoms with van der Waals surface area (Å²) in [7, 11) is 0. The number of nitrogens with zero attached hydrogens (tertiary/aromatic N) is 2. The Balaban J connectivity index is 1.17. The van der Waals surface area contributed by atoms with E-state index in [-0.39, 0.29) is 11.9 Å². The van der Waals surface area contributed by atoms with Crippen molar-refractivity contribution in [3.8, 4) is 5.75 Å². The number of hydrogen-bond donors (Lipinski definition) is 3. The van der Waals surface area contributed by atoms with Crippen LogP contribution < -0.4 is 20.7 Å². The monoisotopic (exact) mass is 441 g/mol. The Bertz CT molecular complexity index is 1260. The lowest BCUT2D eigenvalue weighted by atomic mass is 10.2. The summed E-state index contributed by atoms with van der Waals surface area (Å²) in [6.45, 7) is 0.301. The number of carbonyl (C=O) groups is 2. The molecule has 8 nitrogen and oxygen atoms in total. The largest absolute Gasteiger partial charge is 0.487 e. The number of imidazole rings is 1. The molecule has 0 atom stereocenters. The number of urea groups is 1. The van der Waals surface area contributed by atoms with Crippen molar-refractivity contribution in [2.45, 2.75) is 25.5 Å². The number of nitrogens with one attached hydrogen (secondary N) is 3. The molecule has 0 radical (unpaired) electrons. The Morgan fingerprint density at radius 1 is 0.970 bits per heavy atom. The van der Waals surface area contributed by atoms with Crippen LogP contribution in [0.15, 0.2) is 79.1 Å². The van der Waals surface area contributed by atoms with Crippen molar-refractivity contribution in [3.05, 3.63) is 90.4 Å². The van der Waals surface area contributed by atoms with Gasteiger partial charge in [0, 0.05) is 35.4 Å². The molecule has 2 heterocycles. The highest BCUT2D eigenvalue weighted by atomic mass is 16.5. The van der Waals surface area contributed by atoms with Crippen molar-refractivity contribution in [1.29, 1.82) is 0 Å². The predicted molar refractivity (Wildman–Crippen MR) is 126 cm³/mol. The second-order valence-electron chi connectivity index (χ2n) is 7.92. The van der Waals surface area contributed by atoms with Crippen LogP contribution in [0.5, 0.6) is 5.75 Å². The van der Waals surface area contributed by atoms with Crippen molar-refractivity contribution in [1.82, 2.24) is 14.7 Å². The first-order valence-electron chi connectivity index (χ1n) is 10.8. The molecule has 2 aromatic carbocycles. The molecule has 4 aromatic rings. The van der Waals surface area contributed by atoms with Crippen LogP contribution in [0.3, 0.4) is 0 Å². The molecule has 1 aliphatic carbocycles. The van der Waals surface area contributed by atoms with E-state index in [1.807, 2.05) is 35.0 Å². The van der Waals surface area contributed by atoms with E-state index in [4.69, 9.17) is 4.74 Å². The summed E-state index contributed by atoms with van der Waals surface area (Å²) < 4.78 is 7.78. The minimum Gasteiger partial charge on any atom is -0.487 e. The van der Waals surface area contributed by atoms with Gasteiger partial charge in [0.2, 0.25) is 0 Å². The number of pyridine rings is 1. The maximum absolute atomic E-state index is 12.7. The van der Waals surface area contributed by atoms with Gasteiger partial charge in [0.1, 0.15) is 18.0 Å². The van der Waals surface area contributed by atoms with Gasteiger partial charge in [-0.3, -0.25) is 4.79 Å². The third-order valence-electron chi connectivity index (χ3n) is 5.21. The number of ether oxygens (including phenoxy) is 1. The molecule has 2 aromatic heterocycles. The number of aromatic nitrogens is 2. The van der Waals surface area contributed by atoms with E-state index < -0.39 is 0 Å². The van der Waals surface area contributed by atoms with Gasteiger partial charge >= 0.3 is 6.03 Å². The van der Waals surface area contributed by atoms with Gasteiger partial charge in [-0.25, -0.2) is 9.78 Å². The van der Waals surface area contributed by atoms with Gasteiger partial charge in [-0.1, -0.05) is 12.1 Å². The highest BCUT2D eigenvalue weighted by Crippen LogP contribution is 2.20. The molecular formula is C25H23N5O3. The van der Waals surface area contributed by atoms with Crippen molar-refractivity contribution < 1.29 is 14.3 Å². The van der Waals surface area contributed by atoms with Crippen LogP contribution in [-0.4, -0.2) is 27.4 Å². The molecule has 5 rings (SSSR count). The third kappa shape index (κ3) is 5.30. The molecule has 1 fully saturated rings. The van der Waals surface area contributed by atoms with E-state index in [1.165, 1.54) is 0 Å². The zero-order valence-corrected chi connectivity index (χ0v) is 17.8. The molecular weight excluding hydrogens is 418 g/mol. The SMILES string of the molecule is O=C(Nc1ccc(NC(=O)c2cccc(OCc3cn4ccccc4n3)c2)cc1)NC1CC1. The second kappa shape index (κ2) is 9.04. The summed E-state index contributed by atoms with van der Waals surface area (Å²) in [6.07, 6.45) is 5.92. The molecule has 0 unspecified atom stereocenters. The van der Waals surface area contributed by atoms with Crippen LogP contribution in [0.1, 0.15) is 28.9 Å². The smallest absolute Gasteiger partial charge is 0.319 e. The van der Waals surface area contributed by atoms with Gasteiger partial charge in [-0.05, 0) is 67.4 Å². The summed E-state index contributed by atoms with van der Waals surface area (Å²) in [5.41, 5.74) is 3.43. The van der Waals surface area contributed by atoms with Crippen LogP contribution in [0.2, 0.25) is 0 Å². The fraction of sp³-hybridized carbons (Fsp3) is 0.160. The number of fused-ring (bicyclic) bond motifs is 1. The number of amides is 3. The lowest BCUT2D eigenvalue weighted by Gasteiger charge is -2.10. The first-order chi connectivity index (χ1) is 16.1. The molecule has 8 heteroatoms. The molecule has 3 amide bonds. The van der Waals surface area contributed by atoms with Crippen molar-refractivity contribution in [2.24, 2.45) is 0 Å². The van der Waals surface area contributed by atoms with Gasteiger partial charge < -0.3 is 25.1 Å². The van der Waals surface area contributed by atoms with E-state index in [2.05, 4.69) is 20.9 Å². The molecule has 0 aliphatic heterocycles. The molecule has 166 valence electrons. The topological polar surface area (TPSA) is 96.8 Å². The fourth-order valence-corrected chi connectivity index (χ4v) is 3.36. The summed E-state index contributed by atoms with van der Waals surface area (Å²) in [5, 5.41) is 8.51. The average Bonchev–Trinajstić information content (AvgIpc) is 3.53. The summed E-state index contributed by atoms with van der Waals surface area (Å²) in [6, 6.07) is 19.9. The van der Waals surface area contributed by atoms with E-state index in [9.17, 15) is 9.59 Å². The Morgan fingerprint density at radius 2 is 1.76 bits per heavy atom. The minimum atomic E-state index is -0.250. The Morgan fingerprint density at radius 3 is 2.52 bits per heavy atom. The van der Waals surface area contributed by atoms with E-state index in [1.54, 1.807) is 48.5 Å². The number of rotatable bonds is 7. The quantitative estimate of drug-likeness (QED) is 0.395. The van der Waals surface area contributed by atoms with Gasteiger partial charge in [-0.15, -0.1) is 0 Å². The van der Waals surface area contributed by atoms with Gasteiger partial charge in [0.25, 0.3) is 5.91 Å². The lowest BCUT2D eigenvalue weighted by Crippen LogP contribution is -2.30. The Kier molecular flexibility index (Phi) is 5.63. The first kappa shape index (κ1) is 20.6. The number of carbonyl (C=O) groups excluding carboxylic acids is 2. The fourth-order valence-electron chi connectivity index (χ4n) is 3.36. The van der Waals surface area contributed by atoms with Gasteiger partial charge in [0.15, 0.2) is 0 Å². The van der Waals surface area contributed by atoms with Crippen LogP contribution in [-0.2, 0) is 6.61 Å². The van der Waals surface area contributed by atoms with Crippen LogP contribution >= 0.6 is 0 Å². The number of hydrogen-bond acceptors (Lipinski definition) is 4. The molecule has 0 spiro atoms. The zero-order chi connectivity index (χ0) is 22.6. The van der Waals surface area contributed by atoms with Crippen molar-refractivity contribution in [3.63, 3.8) is 0 Å². The zero-order valence-electron chi connectivity index (χ0n) is 17.8. The van der Waals surface area contributed by atoms with Crippen molar-refractivity contribution >= 4 is 29.0 Å². The summed E-state index contributed by atoms with van der Waals surface area (Å²) in [4.78, 5) is 29.0. The number of benzene rings is 2. The maximum atomic E-state index is 12.7. The highest BCUT2D eigenvalue weighted by molar-refractivity contribution is 6.04. The average molecular weight is 441 g/mol. The predicted octanol–water partition coefficient (Wildman–Crippen LogP) is 4.45. The van der Waals surface area contributed by atoms with E-state index in [0.29, 0.717) is 35.3 Å². The molecule has 33 heavy (non-hydrogen) atoms. The number of anilines is 2. The molecule has 3 N–H and O–H groups in total. The normalized spacial score (nSPS) is 12.8.